The zero-order valence-corrected chi connectivity index (χ0v) is 13.2. The van der Waals surface area contributed by atoms with Gasteiger partial charge in [-0.3, -0.25) is 4.98 Å². The van der Waals surface area contributed by atoms with Gasteiger partial charge in [0, 0.05) is 28.2 Å². The lowest BCUT2D eigenvalue weighted by atomic mass is 10.1. The van der Waals surface area contributed by atoms with Gasteiger partial charge in [0.05, 0.1) is 11.2 Å². The number of benzene rings is 2. The van der Waals surface area contributed by atoms with Crippen molar-refractivity contribution in [2.24, 2.45) is 0 Å². The van der Waals surface area contributed by atoms with Crippen LogP contribution >= 0.6 is 15.9 Å². The van der Waals surface area contributed by atoms with Gasteiger partial charge in [0.1, 0.15) is 5.75 Å². The summed E-state index contributed by atoms with van der Waals surface area (Å²) in [6.07, 6.45) is 1.79. The summed E-state index contributed by atoms with van der Waals surface area (Å²) in [5.41, 5.74) is 3.89. The number of hydrogen-bond donors (Lipinski definition) is 2. The van der Waals surface area contributed by atoms with Crippen LogP contribution in [0.25, 0.3) is 10.9 Å². The number of anilines is 1. The molecule has 0 aliphatic carbocycles. The van der Waals surface area contributed by atoms with Crippen LogP contribution in [-0.2, 0) is 6.54 Å². The number of fused-ring (bicyclic) bond motifs is 1. The van der Waals surface area contributed by atoms with Gasteiger partial charge in [-0.1, -0.05) is 29.8 Å². The topological polar surface area (TPSA) is 45.1 Å². The van der Waals surface area contributed by atoms with Crippen molar-refractivity contribution in [2.75, 3.05) is 5.32 Å². The van der Waals surface area contributed by atoms with Gasteiger partial charge in [0.15, 0.2) is 0 Å². The summed E-state index contributed by atoms with van der Waals surface area (Å²) in [6, 6.07) is 13.7. The Morgan fingerprint density at radius 3 is 2.90 bits per heavy atom. The lowest BCUT2D eigenvalue weighted by Gasteiger charge is -2.11. The van der Waals surface area contributed by atoms with E-state index in [4.69, 9.17) is 0 Å². The van der Waals surface area contributed by atoms with Gasteiger partial charge in [0.25, 0.3) is 0 Å². The maximum Gasteiger partial charge on any atom is 0.120 e. The molecule has 2 aromatic carbocycles. The number of aromatic hydroxyl groups is 1. The molecule has 0 radical (unpaired) electrons. The molecule has 0 atom stereocenters. The number of pyridine rings is 1. The third kappa shape index (κ3) is 3.00. The number of aromatic nitrogens is 1. The first-order valence-corrected chi connectivity index (χ1v) is 7.49. The van der Waals surface area contributed by atoms with E-state index in [1.165, 1.54) is 0 Å². The highest BCUT2D eigenvalue weighted by Crippen LogP contribution is 2.25. The monoisotopic (exact) mass is 342 g/mol. The lowest BCUT2D eigenvalue weighted by Crippen LogP contribution is -2.01. The molecule has 0 fully saturated rings. The standard InChI is InChI=1S/C17H15BrN2O/c1-11-5-6-16(21)13(7-11)9-19-15-4-2-3-12-8-14(18)10-20-17(12)15/h2-8,10,19,21H,9H2,1H3. The molecular formula is C17H15BrN2O. The molecule has 0 unspecified atom stereocenters. The van der Waals surface area contributed by atoms with Crippen LogP contribution < -0.4 is 5.32 Å². The van der Waals surface area contributed by atoms with Crippen molar-refractivity contribution < 1.29 is 5.11 Å². The van der Waals surface area contributed by atoms with Gasteiger partial charge < -0.3 is 10.4 Å². The van der Waals surface area contributed by atoms with E-state index in [2.05, 4.69) is 26.2 Å². The van der Waals surface area contributed by atoms with Crippen LogP contribution in [0.4, 0.5) is 5.69 Å². The molecule has 1 heterocycles. The first kappa shape index (κ1) is 13.9. The van der Waals surface area contributed by atoms with Gasteiger partial charge in [-0.25, -0.2) is 0 Å². The van der Waals surface area contributed by atoms with Gasteiger partial charge >= 0.3 is 0 Å². The maximum atomic E-state index is 9.90. The molecule has 0 bridgehead atoms. The molecule has 0 amide bonds. The van der Waals surface area contributed by atoms with Gasteiger partial charge in [-0.05, 0) is 41.1 Å². The quantitative estimate of drug-likeness (QED) is 0.729. The normalized spacial score (nSPS) is 10.8. The number of rotatable bonds is 3. The van der Waals surface area contributed by atoms with Crippen LogP contribution in [0.3, 0.4) is 0 Å². The fourth-order valence-electron chi connectivity index (χ4n) is 2.32. The second-order valence-electron chi connectivity index (χ2n) is 5.02. The Kier molecular flexibility index (Phi) is 3.80. The number of aryl methyl sites for hydroxylation is 1. The van der Waals surface area contributed by atoms with Gasteiger partial charge in [0.2, 0.25) is 0 Å². The molecule has 3 aromatic rings. The molecule has 0 aliphatic rings. The minimum atomic E-state index is 0.309. The zero-order valence-electron chi connectivity index (χ0n) is 11.6. The van der Waals surface area contributed by atoms with E-state index in [-0.39, 0.29) is 0 Å². The summed E-state index contributed by atoms with van der Waals surface area (Å²) in [5, 5.41) is 14.3. The molecule has 4 heteroatoms. The van der Waals surface area contributed by atoms with Crippen molar-refractivity contribution in [3.05, 3.63) is 64.3 Å². The van der Waals surface area contributed by atoms with Crippen LogP contribution in [0.5, 0.6) is 5.75 Å². The van der Waals surface area contributed by atoms with Crippen molar-refractivity contribution >= 4 is 32.5 Å². The molecule has 21 heavy (non-hydrogen) atoms. The van der Waals surface area contributed by atoms with E-state index in [9.17, 15) is 5.11 Å². The van der Waals surface area contributed by atoms with Crippen LogP contribution in [0.15, 0.2) is 53.1 Å². The van der Waals surface area contributed by atoms with E-state index in [0.29, 0.717) is 12.3 Å². The van der Waals surface area contributed by atoms with Crippen molar-refractivity contribution in [3.8, 4) is 5.75 Å². The van der Waals surface area contributed by atoms with E-state index >= 15 is 0 Å². The number of halogens is 1. The van der Waals surface area contributed by atoms with E-state index in [0.717, 1.165) is 32.2 Å². The number of nitrogens with zero attached hydrogens (tertiary/aromatic N) is 1. The molecule has 2 N–H and O–H groups in total. The molecular weight excluding hydrogens is 328 g/mol. The third-order valence-electron chi connectivity index (χ3n) is 3.38. The minimum Gasteiger partial charge on any atom is -0.508 e. The average molecular weight is 343 g/mol. The third-order valence-corrected chi connectivity index (χ3v) is 3.82. The number of hydrogen-bond acceptors (Lipinski definition) is 3. The van der Waals surface area contributed by atoms with Gasteiger partial charge in [-0.2, -0.15) is 0 Å². The number of nitrogens with one attached hydrogen (secondary N) is 1. The second-order valence-corrected chi connectivity index (χ2v) is 5.93. The Hall–Kier alpha value is -2.07. The predicted molar refractivity (Wildman–Crippen MR) is 89.6 cm³/mol. The molecule has 1 aromatic heterocycles. The van der Waals surface area contributed by atoms with Crippen molar-refractivity contribution in [1.29, 1.82) is 0 Å². The van der Waals surface area contributed by atoms with E-state index < -0.39 is 0 Å². The van der Waals surface area contributed by atoms with Crippen LogP contribution in [-0.4, -0.2) is 10.1 Å². The van der Waals surface area contributed by atoms with E-state index in [1.54, 1.807) is 12.3 Å². The summed E-state index contributed by atoms with van der Waals surface area (Å²) >= 11 is 3.43. The summed E-state index contributed by atoms with van der Waals surface area (Å²) in [5.74, 6) is 0.309. The minimum absolute atomic E-state index is 0.309. The van der Waals surface area contributed by atoms with Crippen molar-refractivity contribution in [3.63, 3.8) is 0 Å². The highest BCUT2D eigenvalue weighted by Gasteiger charge is 2.05. The molecule has 0 aliphatic heterocycles. The first-order valence-electron chi connectivity index (χ1n) is 6.70. The molecule has 3 nitrogen and oxygen atoms in total. The van der Waals surface area contributed by atoms with Crippen LogP contribution in [0.2, 0.25) is 0 Å². The SMILES string of the molecule is Cc1ccc(O)c(CNc2cccc3cc(Br)cnc23)c1. The maximum absolute atomic E-state index is 9.90. The molecule has 3 rings (SSSR count). The Morgan fingerprint density at radius 2 is 2.05 bits per heavy atom. The molecule has 0 saturated heterocycles. The summed E-state index contributed by atoms with van der Waals surface area (Å²) in [6.45, 7) is 2.57. The van der Waals surface area contributed by atoms with Crippen LogP contribution in [0.1, 0.15) is 11.1 Å². The smallest absolute Gasteiger partial charge is 0.120 e. The number of para-hydroxylation sites is 1. The second kappa shape index (κ2) is 5.74. The Bertz CT molecular complexity index is 802. The fraction of sp³-hybridized carbons (Fsp3) is 0.118. The van der Waals surface area contributed by atoms with Crippen molar-refractivity contribution in [1.82, 2.24) is 4.98 Å². The van der Waals surface area contributed by atoms with Gasteiger partial charge in [-0.15, -0.1) is 0 Å². The highest BCUT2D eigenvalue weighted by atomic mass is 79.9. The average Bonchev–Trinajstić information content (AvgIpc) is 2.47. The number of phenols is 1. The Labute approximate surface area is 131 Å². The summed E-state index contributed by atoms with van der Waals surface area (Å²) < 4.78 is 0.962. The predicted octanol–water partition coefficient (Wildman–Crippen LogP) is 4.62. The number of phenolic OH excluding ortho intramolecular Hbond substituents is 1. The Balaban J connectivity index is 1.90. The summed E-state index contributed by atoms with van der Waals surface area (Å²) in [4.78, 5) is 4.46. The van der Waals surface area contributed by atoms with Crippen molar-refractivity contribution in [2.45, 2.75) is 13.5 Å². The molecule has 0 spiro atoms. The molecule has 106 valence electrons. The lowest BCUT2D eigenvalue weighted by molar-refractivity contribution is 0.469. The summed E-state index contributed by atoms with van der Waals surface area (Å²) in [7, 11) is 0. The molecule has 0 saturated carbocycles. The largest absolute Gasteiger partial charge is 0.508 e. The zero-order chi connectivity index (χ0) is 14.8. The van der Waals surface area contributed by atoms with Crippen LogP contribution in [0, 0.1) is 6.92 Å². The van der Waals surface area contributed by atoms with E-state index in [1.807, 2.05) is 43.3 Å². The fourth-order valence-corrected chi connectivity index (χ4v) is 2.67. The first-order chi connectivity index (χ1) is 10.1. The Morgan fingerprint density at radius 1 is 1.19 bits per heavy atom. The highest BCUT2D eigenvalue weighted by molar-refractivity contribution is 9.10.